The normalized spacial score (nSPS) is 12.6. The van der Waals surface area contributed by atoms with Gasteiger partial charge in [0.25, 0.3) is 0 Å². The topological polar surface area (TPSA) is 4.93 Å². The highest BCUT2D eigenvalue weighted by Crippen LogP contribution is 2.32. The van der Waals surface area contributed by atoms with E-state index < -0.39 is 0 Å². The van der Waals surface area contributed by atoms with Gasteiger partial charge < -0.3 is 4.57 Å². The van der Waals surface area contributed by atoms with E-state index in [1.807, 2.05) is 0 Å². The van der Waals surface area contributed by atoms with Crippen LogP contribution in [0.15, 0.2) is 91.0 Å². The monoisotopic (exact) mass is 455 g/mol. The van der Waals surface area contributed by atoms with Crippen molar-refractivity contribution in [2.24, 2.45) is 0 Å². The maximum absolute atomic E-state index is 2.48. The smallest absolute Gasteiger partial charge is 0.248 e. The standard InChI is InChI=1S/C24H15BIN/c26-21-13-4-2-10-18(21)25-19-11-3-6-15-23(19)27-22-14-5-1-8-16(22)17-9-7-12-20(25)24(17)27/h1-15H. The molecule has 0 N–H and O–H groups in total. The summed E-state index contributed by atoms with van der Waals surface area (Å²) in [4.78, 5) is 0. The molecule has 0 atom stereocenters. The number of hydrogen-bond acceptors (Lipinski definition) is 0. The van der Waals surface area contributed by atoms with Crippen molar-refractivity contribution in [3.8, 4) is 5.69 Å². The fourth-order valence-corrected chi connectivity index (χ4v) is 5.37. The molecule has 0 saturated heterocycles. The Morgan fingerprint density at radius 2 is 1.26 bits per heavy atom. The first kappa shape index (κ1) is 15.5. The van der Waals surface area contributed by atoms with Crippen LogP contribution in [0.3, 0.4) is 0 Å². The van der Waals surface area contributed by atoms with Crippen LogP contribution in [0.2, 0.25) is 0 Å². The molecule has 2 heterocycles. The number of benzene rings is 4. The molecular formula is C24H15BIN. The van der Waals surface area contributed by atoms with Gasteiger partial charge in [-0.25, -0.2) is 0 Å². The molecule has 0 unspecified atom stereocenters. The molecule has 126 valence electrons. The molecule has 6 rings (SSSR count). The third-order valence-corrected chi connectivity index (χ3v) is 6.72. The Morgan fingerprint density at radius 1 is 0.593 bits per heavy atom. The third-order valence-electron chi connectivity index (χ3n) is 5.74. The lowest BCUT2D eigenvalue weighted by Crippen LogP contribution is -2.56. The van der Waals surface area contributed by atoms with Crippen LogP contribution in [-0.2, 0) is 0 Å². The van der Waals surface area contributed by atoms with Crippen LogP contribution in [0.4, 0.5) is 0 Å². The Hall–Kier alpha value is -2.53. The van der Waals surface area contributed by atoms with Crippen molar-refractivity contribution in [3.63, 3.8) is 0 Å². The molecule has 27 heavy (non-hydrogen) atoms. The highest BCUT2D eigenvalue weighted by molar-refractivity contribution is 14.1. The van der Waals surface area contributed by atoms with Crippen LogP contribution in [0, 0.1) is 3.57 Å². The summed E-state index contributed by atoms with van der Waals surface area (Å²) in [6, 6.07) is 33.2. The molecule has 1 aromatic heterocycles. The predicted octanol–water partition coefficient (Wildman–Crippen LogP) is 4.22. The number of para-hydroxylation sites is 3. The fraction of sp³-hybridized carbons (Fsp3) is 0. The van der Waals surface area contributed by atoms with Gasteiger partial charge in [-0.15, -0.1) is 0 Å². The lowest BCUT2D eigenvalue weighted by molar-refractivity contribution is 1.19. The van der Waals surface area contributed by atoms with Crippen molar-refractivity contribution in [2.45, 2.75) is 0 Å². The van der Waals surface area contributed by atoms with Gasteiger partial charge in [0.05, 0.1) is 5.52 Å². The highest BCUT2D eigenvalue weighted by atomic mass is 127. The molecule has 0 radical (unpaired) electrons. The Morgan fingerprint density at radius 3 is 2.15 bits per heavy atom. The van der Waals surface area contributed by atoms with Crippen molar-refractivity contribution >= 4 is 67.5 Å². The summed E-state index contributed by atoms with van der Waals surface area (Å²) in [6.07, 6.45) is 0. The maximum Gasteiger partial charge on any atom is 0.248 e. The molecule has 0 fully saturated rings. The second-order valence-corrected chi connectivity index (χ2v) is 8.27. The first-order chi connectivity index (χ1) is 13.3. The van der Waals surface area contributed by atoms with Crippen molar-refractivity contribution in [3.05, 3.63) is 94.6 Å². The number of nitrogens with zero attached hydrogens (tertiary/aromatic N) is 1. The molecule has 1 nitrogen and oxygen atoms in total. The molecule has 3 heteroatoms. The van der Waals surface area contributed by atoms with Crippen molar-refractivity contribution < 1.29 is 0 Å². The van der Waals surface area contributed by atoms with Crippen molar-refractivity contribution in [2.75, 3.05) is 0 Å². The summed E-state index contributed by atoms with van der Waals surface area (Å²) >= 11 is 2.48. The van der Waals surface area contributed by atoms with Crippen LogP contribution in [0.1, 0.15) is 0 Å². The maximum atomic E-state index is 2.48. The quantitative estimate of drug-likeness (QED) is 0.259. The van der Waals surface area contributed by atoms with Crippen molar-refractivity contribution in [1.29, 1.82) is 0 Å². The molecule has 0 bridgehead atoms. The van der Waals surface area contributed by atoms with E-state index in [1.165, 1.54) is 47.5 Å². The minimum atomic E-state index is 0.259. The average Bonchev–Trinajstić information content (AvgIpc) is 3.06. The first-order valence-electron chi connectivity index (χ1n) is 9.20. The molecule has 1 aliphatic rings. The summed E-state index contributed by atoms with van der Waals surface area (Å²) in [5.74, 6) is 0. The van der Waals surface area contributed by atoms with Crippen molar-refractivity contribution in [1.82, 2.24) is 4.57 Å². The van der Waals surface area contributed by atoms with Crippen LogP contribution in [-0.4, -0.2) is 11.3 Å². The average molecular weight is 455 g/mol. The van der Waals surface area contributed by atoms with E-state index in [1.54, 1.807) is 0 Å². The third kappa shape index (κ3) is 2.06. The SMILES string of the molecule is Ic1ccccc1B1c2ccccc2-n2c3ccccc3c3cccc1c32. The predicted molar refractivity (Wildman–Crippen MR) is 125 cm³/mol. The molecule has 0 amide bonds. The van der Waals surface area contributed by atoms with E-state index in [0.29, 0.717) is 0 Å². The molecule has 0 aliphatic carbocycles. The summed E-state index contributed by atoms with van der Waals surface area (Å²) in [6.45, 7) is 0.259. The van der Waals surface area contributed by atoms with E-state index in [0.717, 1.165) is 0 Å². The van der Waals surface area contributed by atoms with E-state index >= 15 is 0 Å². The van der Waals surface area contributed by atoms with Crippen LogP contribution in [0.25, 0.3) is 27.5 Å². The number of rotatable bonds is 1. The highest BCUT2D eigenvalue weighted by Gasteiger charge is 2.33. The van der Waals surface area contributed by atoms with Gasteiger partial charge >= 0.3 is 0 Å². The zero-order valence-electron chi connectivity index (χ0n) is 14.6. The van der Waals surface area contributed by atoms with Gasteiger partial charge in [0.1, 0.15) is 0 Å². The van der Waals surface area contributed by atoms with Crippen LogP contribution < -0.4 is 16.4 Å². The van der Waals surface area contributed by atoms with Crippen LogP contribution >= 0.6 is 22.6 Å². The Labute approximate surface area is 171 Å². The number of fused-ring (bicyclic) bond motifs is 5. The van der Waals surface area contributed by atoms with E-state index in [9.17, 15) is 0 Å². The van der Waals surface area contributed by atoms with E-state index in [2.05, 4.69) is 118 Å². The second-order valence-electron chi connectivity index (χ2n) is 7.11. The van der Waals surface area contributed by atoms with E-state index in [4.69, 9.17) is 0 Å². The molecule has 4 aromatic carbocycles. The van der Waals surface area contributed by atoms with Gasteiger partial charge in [0, 0.05) is 25.5 Å². The second kappa shape index (κ2) is 5.73. The summed E-state index contributed by atoms with van der Waals surface area (Å²) in [5, 5.41) is 2.67. The summed E-state index contributed by atoms with van der Waals surface area (Å²) in [5.41, 5.74) is 8.09. The number of aromatic nitrogens is 1. The number of hydrogen-bond donors (Lipinski definition) is 0. The minimum absolute atomic E-state index is 0.259. The van der Waals surface area contributed by atoms with Gasteiger partial charge in [0.15, 0.2) is 0 Å². The van der Waals surface area contributed by atoms with Gasteiger partial charge in [-0.05, 0) is 51.7 Å². The largest absolute Gasteiger partial charge is 0.310 e. The van der Waals surface area contributed by atoms with Gasteiger partial charge in [-0.1, -0.05) is 78.3 Å². The zero-order chi connectivity index (χ0) is 18.0. The lowest BCUT2D eigenvalue weighted by atomic mass is 9.35. The van der Waals surface area contributed by atoms with Gasteiger partial charge in [-0.3, -0.25) is 0 Å². The number of halogens is 1. The lowest BCUT2D eigenvalue weighted by Gasteiger charge is -2.27. The Kier molecular flexibility index (Phi) is 3.30. The van der Waals surface area contributed by atoms with Crippen LogP contribution in [0.5, 0.6) is 0 Å². The zero-order valence-corrected chi connectivity index (χ0v) is 16.7. The van der Waals surface area contributed by atoms with E-state index in [-0.39, 0.29) is 6.71 Å². The Balaban J connectivity index is 1.85. The Bertz CT molecular complexity index is 1350. The van der Waals surface area contributed by atoms with Gasteiger partial charge in [0.2, 0.25) is 6.71 Å². The fourth-order valence-electron chi connectivity index (χ4n) is 4.68. The molecule has 0 spiro atoms. The summed E-state index contributed by atoms with van der Waals surface area (Å²) in [7, 11) is 0. The minimum Gasteiger partial charge on any atom is -0.310 e. The molecule has 5 aromatic rings. The van der Waals surface area contributed by atoms with Gasteiger partial charge in [-0.2, -0.15) is 0 Å². The molecule has 1 aliphatic heterocycles. The molecule has 0 saturated carbocycles. The summed E-state index contributed by atoms with van der Waals surface area (Å²) < 4.78 is 3.78. The molecular weight excluding hydrogens is 440 g/mol. The first-order valence-corrected chi connectivity index (χ1v) is 10.3.